The van der Waals surface area contributed by atoms with Crippen molar-refractivity contribution in [2.75, 3.05) is 13.1 Å². The number of rotatable bonds is 12. The number of aromatic nitrogens is 3. The maximum atomic E-state index is 4.02. The minimum Gasteiger partial charge on any atom is -0.316 e. The Hall–Kier alpha value is -0.900. The predicted octanol–water partition coefficient (Wildman–Crippen LogP) is 3.08. The van der Waals surface area contributed by atoms with Crippen LogP contribution in [0.1, 0.15) is 64.0 Å². The van der Waals surface area contributed by atoms with Crippen molar-refractivity contribution >= 4 is 0 Å². The maximum Gasteiger partial charge on any atom is 0.0837 e. The molecule has 0 aliphatic carbocycles. The van der Waals surface area contributed by atoms with Crippen LogP contribution in [0.2, 0.25) is 0 Å². The van der Waals surface area contributed by atoms with Crippen molar-refractivity contribution in [3.8, 4) is 0 Å². The van der Waals surface area contributed by atoms with Crippen LogP contribution >= 0.6 is 0 Å². The second-order valence-corrected chi connectivity index (χ2v) is 4.94. The van der Waals surface area contributed by atoms with Crippen LogP contribution in [-0.2, 0) is 6.42 Å². The van der Waals surface area contributed by atoms with E-state index in [1.807, 2.05) is 0 Å². The van der Waals surface area contributed by atoms with Gasteiger partial charge in [0.25, 0.3) is 0 Å². The first-order chi connectivity index (χ1) is 8.93. The van der Waals surface area contributed by atoms with Gasteiger partial charge in [0.1, 0.15) is 0 Å². The minimum atomic E-state index is 0.966. The number of H-pyrrole nitrogens is 1. The summed E-state index contributed by atoms with van der Waals surface area (Å²) in [6.07, 6.45) is 13.8. The fourth-order valence-corrected chi connectivity index (χ4v) is 2.07. The molecular formula is C14H28N4. The Labute approximate surface area is 111 Å². The Morgan fingerprint density at radius 2 is 1.72 bits per heavy atom. The molecule has 1 aromatic rings. The molecule has 1 heterocycles. The van der Waals surface area contributed by atoms with Gasteiger partial charge in [-0.05, 0) is 13.0 Å². The van der Waals surface area contributed by atoms with Crippen LogP contribution in [0.4, 0.5) is 0 Å². The third-order valence-corrected chi connectivity index (χ3v) is 3.23. The summed E-state index contributed by atoms with van der Waals surface area (Å²) in [7, 11) is 0. The Kier molecular flexibility index (Phi) is 9.44. The summed E-state index contributed by atoms with van der Waals surface area (Å²) in [6, 6.07) is 0. The minimum absolute atomic E-state index is 0.966. The van der Waals surface area contributed by atoms with E-state index in [1.165, 1.54) is 51.4 Å². The molecule has 1 rings (SSSR count). The molecule has 0 saturated carbocycles. The fourth-order valence-electron chi connectivity index (χ4n) is 2.07. The van der Waals surface area contributed by atoms with Gasteiger partial charge in [0.2, 0.25) is 0 Å². The van der Waals surface area contributed by atoms with E-state index in [0.29, 0.717) is 0 Å². The molecule has 0 spiro atoms. The molecule has 0 aliphatic rings. The van der Waals surface area contributed by atoms with Crippen LogP contribution in [0.15, 0.2) is 6.20 Å². The van der Waals surface area contributed by atoms with Gasteiger partial charge in [-0.1, -0.05) is 51.9 Å². The number of hydrogen-bond acceptors (Lipinski definition) is 3. The van der Waals surface area contributed by atoms with Crippen molar-refractivity contribution < 1.29 is 0 Å². The summed E-state index contributed by atoms with van der Waals surface area (Å²) in [6.45, 7) is 4.40. The van der Waals surface area contributed by atoms with E-state index < -0.39 is 0 Å². The second kappa shape index (κ2) is 11.2. The molecule has 0 atom stereocenters. The molecule has 0 saturated heterocycles. The van der Waals surface area contributed by atoms with E-state index in [4.69, 9.17) is 0 Å². The van der Waals surface area contributed by atoms with Crippen LogP contribution in [0, 0.1) is 0 Å². The Balaban J connectivity index is 1.73. The topological polar surface area (TPSA) is 53.6 Å². The van der Waals surface area contributed by atoms with Gasteiger partial charge in [-0.2, -0.15) is 15.4 Å². The van der Waals surface area contributed by atoms with E-state index in [0.717, 1.165) is 25.2 Å². The van der Waals surface area contributed by atoms with Crippen molar-refractivity contribution in [1.29, 1.82) is 0 Å². The lowest BCUT2D eigenvalue weighted by atomic mass is 10.1. The van der Waals surface area contributed by atoms with Gasteiger partial charge in [-0.3, -0.25) is 0 Å². The van der Waals surface area contributed by atoms with Crippen LogP contribution in [0.5, 0.6) is 0 Å². The number of nitrogens with zero attached hydrogens (tertiary/aromatic N) is 2. The van der Waals surface area contributed by atoms with E-state index in [9.17, 15) is 0 Å². The zero-order valence-electron chi connectivity index (χ0n) is 11.7. The highest BCUT2D eigenvalue weighted by molar-refractivity contribution is 4.90. The molecule has 0 unspecified atom stereocenters. The molecule has 4 heteroatoms. The molecule has 4 nitrogen and oxygen atoms in total. The van der Waals surface area contributed by atoms with E-state index in [1.54, 1.807) is 6.20 Å². The van der Waals surface area contributed by atoms with E-state index >= 15 is 0 Å². The third kappa shape index (κ3) is 8.23. The Bertz CT molecular complexity index is 259. The molecule has 18 heavy (non-hydrogen) atoms. The molecule has 0 fully saturated rings. The maximum absolute atomic E-state index is 4.02. The molecule has 104 valence electrons. The molecule has 0 bridgehead atoms. The van der Waals surface area contributed by atoms with Crippen molar-refractivity contribution in [3.63, 3.8) is 0 Å². The largest absolute Gasteiger partial charge is 0.316 e. The van der Waals surface area contributed by atoms with Crippen LogP contribution in [0.3, 0.4) is 0 Å². The SMILES string of the molecule is CCCCCCCCCCNCCc1cn[nH]n1. The normalized spacial score (nSPS) is 10.9. The Morgan fingerprint density at radius 1 is 1.00 bits per heavy atom. The number of aromatic amines is 1. The lowest BCUT2D eigenvalue weighted by Crippen LogP contribution is -2.18. The van der Waals surface area contributed by atoms with Crippen molar-refractivity contribution in [3.05, 3.63) is 11.9 Å². The van der Waals surface area contributed by atoms with E-state index in [2.05, 4.69) is 27.7 Å². The predicted molar refractivity (Wildman–Crippen MR) is 75.6 cm³/mol. The quantitative estimate of drug-likeness (QED) is 0.562. The van der Waals surface area contributed by atoms with Crippen molar-refractivity contribution in [2.45, 2.75) is 64.7 Å². The average molecular weight is 252 g/mol. The van der Waals surface area contributed by atoms with Gasteiger partial charge in [0, 0.05) is 13.0 Å². The highest BCUT2D eigenvalue weighted by Gasteiger charge is 1.95. The summed E-state index contributed by atoms with van der Waals surface area (Å²) in [5, 5.41) is 13.9. The van der Waals surface area contributed by atoms with Gasteiger partial charge in [-0.25, -0.2) is 0 Å². The van der Waals surface area contributed by atoms with Gasteiger partial charge < -0.3 is 5.32 Å². The zero-order valence-corrected chi connectivity index (χ0v) is 11.7. The first-order valence-electron chi connectivity index (χ1n) is 7.49. The molecule has 0 radical (unpaired) electrons. The highest BCUT2D eigenvalue weighted by Crippen LogP contribution is 2.07. The van der Waals surface area contributed by atoms with Crippen LogP contribution in [-0.4, -0.2) is 28.5 Å². The summed E-state index contributed by atoms with van der Waals surface area (Å²) in [5.74, 6) is 0. The standard InChI is InChI=1S/C14H28N4/c1-2-3-4-5-6-7-8-9-11-15-12-10-14-13-16-18-17-14/h13,15H,2-12H2,1H3,(H,16,17,18). The average Bonchev–Trinajstić information content (AvgIpc) is 2.89. The molecule has 0 aliphatic heterocycles. The van der Waals surface area contributed by atoms with Crippen molar-refractivity contribution in [2.24, 2.45) is 0 Å². The van der Waals surface area contributed by atoms with Gasteiger partial charge in [0.05, 0.1) is 11.9 Å². The molecule has 0 amide bonds. The monoisotopic (exact) mass is 252 g/mol. The summed E-state index contributed by atoms with van der Waals surface area (Å²) in [4.78, 5) is 0. The molecule has 1 aromatic heterocycles. The lowest BCUT2D eigenvalue weighted by molar-refractivity contribution is 0.555. The smallest absolute Gasteiger partial charge is 0.0837 e. The second-order valence-electron chi connectivity index (χ2n) is 4.94. The summed E-state index contributed by atoms with van der Waals surface area (Å²) in [5.41, 5.74) is 1.04. The first-order valence-corrected chi connectivity index (χ1v) is 7.49. The number of hydrogen-bond donors (Lipinski definition) is 2. The van der Waals surface area contributed by atoms with Gasteiger partial charge >= 0.3 is 0 Å². The van der Waals surface area contributed by atoms with Crippen LogP contribution < -0.4 is 5.32 Å². The number of nitrogens with one attached hydrogen (secondary N) is 2. The molecular weight excluding hydrogens is 224 g/mol. The van der Waals surface area contributed by atoms with Crippen LogP contribution in [0.25, 0.3) is 0 Å². The first kappa shape index (κ1) is 15.2. The Morgan fingerprint density at radius 3 is 2.39 bits per heavy atom. The molecule has 2 N–H and O–H groups in total. The fraction of sp³-hybridized carbons (Fsp3) is 0.857. The lowest BCUT2D eigenvalue weighted by Gasteiger charge is -2.03. The summed E-state index contributed by atoms with van der Waals surface area (Å²) < 4.78 is 0. The van der Waals surface area contributed by atoms with Gasteiger partial charge in [0.15, 0.2) is 0 Å². The van der Waals surface area contributed by atoms with Crippen molar-refractivity contribution in [1.82, 2.24) is 20.7 Å². The number of unbranched alkanes of at least 4 members (excludes halogenated alkanes) is 7. The third-order valence-electron chi connectivity index (χ3n) is 3.23. The van der Waals surface area contributed by atoms with E-state index in [-0.39, 0.29) is 0 Å². The zero-order chi connectivity index (χ0) is 12.9. The summed E-state index contributed by atoms with van der Waals surface area (Å²) >= 11 is 0. The highest BCUT2D eigenvalue weighted by atomic mass is 15.3. The molecule has 0 aromatic carbocycles. The van der Waals surface area contributed by atoms with Gasteiger partial charge in [-0.15, -0.1) is 0 Å².